The van der Waals surface area contributed by atoms with E-state index in [4.69, 9.17) is 0 Å². The van der Waals surface area contributed by atoms with Gasteiger partial charge in [-0.2, -0.15) is 0 Å². The molecule has 1 saturated carbocycles. The first-order valence-electron chi connectivity index (χ1n) is 6.87. The van der Waals surface area contributed by atoms with Crippen LogP contribution in [0, 0.1) is 0 Å². The van der Waals surface area contributed by atoms with Gasteiger partial charge >= 0.3 is 0 Å². The van der Waals surface area contributed by atoms with Crippen molar-refractivity contribution in [3.63, 3.8) is 0 Å². The van der Waals surface area contributed by atoms with E-state index in [0.29, 0.717) is 5.96 Å². The van der Waals surface area contributed by atoms with Crippen molar-refractivity contribution in [3.8, 4) is 0 Å². The van der Waals surface area contributed by atoms with Gasteiger partial charge in [0.25, 0.3) is 5.91 Å². The second kappa shape index (κ2) is 4.68. The molecule has 1 aromatic carbocycles. The molecule has 19 heavy (non-hydrogen) atoms. The van der Waals surface area contributed by atoms with Gasteiger partial charge in [-0.15, -0.1) is 0 Å². The lowest BCUT2D eigenvalue weighted by atomic mass is 9.69. The highest BCUT2D eigenvalue weighted by Gasteiger charge is 2.52. The SMILES string of the molecule is CN=C1NC(=O)C2(CCCCC2c2ccccc2)N1. The summed E-state index contributed by atoms with van der Waals surface area (Å²) in [4.78, 5) is 16.5. The fraction of sp³-hybridized carbons (Fsp3) is 0.467. The van der Waals surface area contributed by atoms with Gasteiger partial charge in [-0.1, -0.05) is 43.2 Å². The molecule has 3 rings (SSSR count). The maximum atomic E-state index is 12.4. The van der Waals surface area contributed by atoms with Gasteiger partial charge in [0, 0.05) is 13.0 Å². The molecule has 0 radical (unpaired) electrons. The fourth-order valence-corrected chi connectivity index (χ4v) is 3.36. The van der Waals surface area contributed by atoms with Gasteiger partial charge in [-0.05, 0) is 18.4 Å². The van der Waals surface area contributed by atoms with Crippen LogP contribution in [0.1, 0.15) is 37.2 Å². The molecule has 2 N–H and O–H groups in total. The molecule has 100 valence electrons. The number of rotatable bonds is 1. The largest absolute Gasteiger partial charge is 0.341 e. The van der Waals surface area contributed by atoms with Crippen molar-refractivity contribution in [2.24, 2.45) is 4.99 Å². The number of hydrogen-bond acceptors (Lipinski definition) is 2. The number of nitrogens with zero attached hydrogens (tertiary/aromatic N) is 1. The summed E-state index contributed by atoms with van der Waals surface area (Å²) in [6, 6.07) is 10.3. The molecule has 2 unspecified atom stereocenters. The average Bonchev–Trinajstić information content (AvgIpc) is 2.77. The molecule has 1 aromatic rings. The van der Waals surface area contributed by atoms with E-state index in [9.17, 15) is 4.79 Å². The van der Waals surface area contributed by atoms with Crippen LogP contribution in [-0.4, -0.2) is 24.5 Å². The van der Waals surface area contributed by atoms with Crippen molar-refractivity contribution in [1.82, 2.24) is 10.6 Å². The first-order chi connectivity index (χ1) is 9.26. The Kier molecular flexibility index (Phi) is 3.01. The maximum absolute atomic E-state index is 12.4. The first-order valence-corrected chi connectivity index (χ1v) is 6.87. The number of nitrogens with one attached hydrogen (secondary N) is 2. The highest BCUT2D eigenvalue weighted by Crippen LogP contribution is 2.42. The van der Waals surface area contributed by atoms with Crippen LogP contribution in [0.2, 0.25) is 0 Å². The van der Waals surface area contributed by atoms with Crippen LogP contribution >= 0.6 is 0 Å². The van der Waals surface area contributed by atoms with Crippen LogP contribution in [0.5, 0.6) is 0 Å². The normalized spacial score (nSPS) is 32.4. The molecule has 1 amide bonds. The van der Waals surface area contributed by atoms with Crippen LogP contribution in [0.4, 0.5) is 0 Å². The molecule has 4 heteroatoms. The Hall–Kier alpha value is -1.84. The molecule has 2 fully saturated rings. The molecule has 2 atom stereocenters. The minimum Gasteiger partial charge on any atom is -0.341 e. The summed E-state index contributed by atoms with van der Waals surface area (Å²) in [5.41, 5.74) is 0.733. The molecule has 1 aliphatic heterocycles. The standard InChI is InChI=1S/C15H19N3O/c1-16-14-17-13(19)15(18-14)10-6-5-9-12(15)11-7-3-2-4-8-11/h2-4,7-8,12H,5-6,9-10H2,1H3,(H2,16,17,18,19). The Labute approximate surface area is 113 Å². The first kappa shape index (κ1) is 12.2. The summed E-state index contributed by atoms with van der Waals surface area (Å²) in [5.74, 6) is 0.899. The summed E-state index contributed by atoms with van der Waals surface area (Å²) >= 11 is 0. The second-order valence-corrected chi connectivity index (χ2v) is 5.33. The molecule has 1 saturated heterocycles. The van der Waals surface area contributed by atoms with E-state index >= 15 is 0 Å². The third-order valence-electron chi connectivity index (χ3n) is 4.31. The summed E-state index contributed by atoms with van der Waals surface area (Å²) in [7, 11) is 1.70. The van der Waals surface area contributed by atoms with E-state index < -0.39 is 5.54 Å². The zero-order valence-electron chi connectivity index (χ0n) is 11.1. The van der Waals surface area contributed by atoms with E-state index in [-0.39, 0.29) is 11.8 Å². The summed E-state index contributed by atoms with van der Waals surface area (Å²) < 4.78 is 0. The lowest BCUT2D eigenvalue weighted by molar-refractivity contribution is -0.125. The Morgan fingerprint density at radius 3 is 2.74 bits per heavy atom. The van der Waals surface area contributed by atoms with Gasteiger partial charge in [0.15, 0.2) is 5.96 Å². The van der Waals surface area contributed by atoms with Crippen molar-refractivity contribution in [2.75, 3.05) is 7.05 Å². The summed E-state index contributed by atoms with van der Waals surface area (Å²) in [6.07, 6.45) is 4.18. The fourth-order valence-electron chi connectivity index (χ4n) is 3.36. The number of guanidine groups is 1. The smallest absolute Gasteiger partial charge is 0.253 e. The third-order valence-corrected chi connectivity index (χ3v) is 4.31. The topological polar surface area (TPSA) is 53.5 Å². The summed E-state index contributed by atoms with van der Waals surface area (Å²) in [6.45, 7) is 0. The Balaban J connectivity index is 2.00. The number of hydrogen-bond donors (Lipinski definition) is 2. The average molecular weight is 257 g/mol. The Bertz CT molecular complexity index is 511. The molecule has 1 spiro atoms. The van der Waals surface area contributed by atoms with E-state index in [1.54, 1.807) is 7.05 Å². The molecular weight excluding hydrogens is 238 g/mol. The molecule has 2 aliphatic rings. The molecule has 0 aromatic heterocycles. The maximum Gasteiger partial charge on any atom is 0.253 e. The zero-order valence-corrected chi connectivity index (χ0v) is 11.1. The van der Waals surface area contributed by atoms with Crippen LogP contribution in [0.3, 0.4) is 0 Å². The Morgan fingerprint density at radius 1 is 1.26 bits per heavy atom. The number of aliphatic imine (C=N–C) groups is 1. The molecule has 4 nitrogen and oxygen atoms in total. The van der Waals surface area contributed by atoms with Crippen molar-refractivity contribution in [3.05, 3.63) is 35.9 Å². The second-order valence-electron chi connectivity index (χ2n) is 5.33. The van der Waals surface area contributed by atoms with Gasteiger partial charge in [-0.3, -0.25) is 15.1 Å². The van der Waals surface area contributed by atoms with E-state index in [2.05, 4.69) is 27.8 Å². The van der Waals surface area contributed by atoms with Crippen LogP contribution in [-0.2, 0) is 4.79 Å². The van der Waals surface area contributed by atoms with Gasteiger partial charge < -0.3 is 5.32 Å². The predicted octanol–water partition coefficient (Wildman–Crippen LogP) is 1.79. The Morgan fingerprint density at radius 2 is 2.05 bits per heavy atom. The number of carbonyl (C=O) groups excluding carboxylic acids is 1. The van der Waals surface area contributed by atoms with E-state index in [0.717, 1.165) is 19.3 Å². The van der Waals surface area contributed by atoms with Crippen molar-refractivity contribution >= 4 is 11.9 Å². The minimum atomic E-state index is -0.506. The number of benzene rings is 1. The van der Waals surface area contributed by atoms with Crippen molar-refractivity contribution < 1.29 is 4.79 Å². The lowest BCUT2D eigenvalue weighted by Crippen LogP contribution is -2.53. The van der Waals surface area contributed by atoms with Crippen molar-refractivity contribution in [2.45, 2.75) is 37.1 Å². The lowest BCUT2D eigenvalue weighted by Gasteiger charge is -2.39. The van der Waals surface area contributed by atoms with Gasteiger partial charge in [0.05, 0.1) is 0 Å². The quantitative estimate of drug-likeness (QED) is 0.806. The molecule has 0 bridgehead atoms. The van der Waals surface area contributed by atoms with Crippen LogP contribution in [0.25, 0.3) is 0 Å². The molecule has 1 aliphatic carbocycles. The van der Waals surface area contributed by atoms with Crippen molar-refractivity contribution in [1.29, 1.82) is 0 Å². The molecule has 1 heterocycles. The van der Waals surface area contributed by atoms with Crippen LogP contribution in [0.15, 0.2) is 35.3 Å². The summed E-state index contributed by atoms with van der Waals surface area (Å²) in [5, 5.41) is 6.21. The monoisotopic (exact) mass is 257 g/mol. The van der Waals surface area contributed by atoms with E-state index in [1.165, 1.54) is 12.0 Å². The predicted molar refractivity (Wildman–Crippen MR) is 75.0 cm³/mol. The van der Waals surface area contributed by atoms with Crippen LogP contribution < -0.4 is 10.6 Å². The van der Waals surface area contributed by atoms with Gasteiger partial charge in [-0.25, -0.2) is 0 Å². The zero-order chi connectivity index (χ0) is 13.3. The van der Waals surface area contributed by atoms with Gasteiger partial charge in [0.2, 0.25) is 0 Å². The highest BCUT2D eigenvalue weighted by molar-refractivity contribution is 6.09. The number of carbonyl (C=O) groups is 1. The molecular formula is C15H19N3O. The van der Waals surface area contributed by atoms with E-state index in [1.807, 2.05) is 18.2 Å². The highest BCUT2D eigenvalue weighted by atomic mass is 16.2. The third kappa shape index (κ3) is 1.91. The van der Waals surface area contributed by atoms with Gasteiger partial charge in [0.1, 0.15) is 5.54 Å². The minimum absolute atomic E-state index is 0.0710. The number of amides is 1.